The number of carbonyl (C=O) groups is 1. The summed E-state index contributed by atoms with van der Waals surface area (Å²) in [6.07, 6.45) is 3.76. The summed E-state index contributed by atoms with van der Waals surface area (Å²) >= 11 is 0. The van der Waals surface area contributed by atoms with Crippen LogP contribution in [0.5, 0.6) is 0 Å². The lowest BCUT2D eigenvalue weighted by Crippen LogP contribution is -2.38. The zero-order chi connectivity index (χ0) is 10.8. The Balaban J connectivity index is 1.91. The van der Waals surface area contributed by atoms with E-state index >= 15 is 0 Å². The second-order valence-electron chi connectivity index (χ2n) is 3.98. The lowest BCUT2D eigenvalue weighted by molar-refractivity contribution is -0.140. The summed E-state index contributed by atoms with van der Waals surface area (Å²) in [6.45, 7) is 0.559. The van der Waals surface area contributed by atoms with E-state index in [1.54, 1.807) is 10.9 Å². The third-order valence-corrected chi connectivity index (χ3v) is 2.79. The number of rotatable bonds is 5. The molecule has 0 radical (unpaired) electrons. The zero-order valence-electron chi connectivity index (χ0n) is 8.68. The Hall–Kier alpha value is -1.36. The minimum atomic E-state index is -0.750. The Morgan fingerprint density at radius 3 is 3.00 bits per heavy atom. The van der Waals surface area contributed by atoms with Crippen molar-refractivity contribution in [1.29, 1.82) is 0 Å². The number of nitrogens with zero attached hydrogens (tertiary/aromatic N) is 2. The second-order valence-corrected chi connectivity index (χ2v) is 3.98. The van der Waals surface area contributed by atoms with Crippen LogP contribution in [0.2, 0.25) is 0 Å². The first-order valence-electron chi connectivity index (χ1n) is 5.11. The van der Waals surface area contributed by atoms with E-state index in [-0.39, 0.29) is 0 Å². The maximum Gasteiger partial charge on any atom is 0.320 e. The van der Waals surface area contributed by atoms with E-state index in [4.69, 9.17) is 5.11 Å². The molecule has 5 heteroatoms. The molecule has 0 spiro atoms. The first kappa shape index (κ1) is 10.2. The van der Waals surface area contributed by atoms with Crippen LogP contribution in [0.25, 0.3) is 0 Å². The highest BCUT2D eigenvalue weighted by Gasteiger charge is 2.35. The van der Waals surface area contributed by atoms with E-state index in [1.807, 2.05) is 13.1 Å². The molecule has 82 valence electrons. The molecule has 1 heterocycles. The van der Waals surface area contributed by atoms with Crippen LogP contribution in [0.1, 0.15) is 18.5 Å². The number of carboxylic acids is 1. The van der Waals surface area contributed by atoms with Crippen molar-refractivity contribution in [3.8, 4) is 0 Å². The molecular formula is C10H15N3O2. The summed E-state index contributed by atoms with van der Waals surface area (Å²) in [4.78, 5) is 10.9. The van der Waals surface area contributed by atoms with Gasteiger partial charge in [0.05, 0.1) is 5.69 Å². The molecule has 0 aromatic carbocycles. The molecule has 0 saturated heterocycles. The van der Waals surface area contributed by atoms with Crippen LogP contribution in [0, 0.1) is 5.92 Å². The predicted molar refractivity (Wildman–Crippen MR) is 54.2 cm³/mol. The molecule has 2 rings (SSSR count). The minimum absolute atomic E-state index is 0.315. The van der Waals surface area contributed by atoms with E-state index in [1.165, 1.54) is 0 Å². The van der Waals surface area contributed by atoms with Gasteiger partial charge in [-0.25, -0.2) is 0 Å². The topological polar surface area (TPSA) is 67.2 Å². The Kier molecular flexibility index (Phi) is 2.73. The highest BCUT2D eigenvalue weighted by molar-refractivity contribution is 5.74. The lowest BCUT2D eigenvalue weighted by Gasteiger charge is -2.13. The maximum absolute atomic E-state index is 10.9. The first-order valence-corrected chi connectivity index (χ1v) is 5.11. The summed E-state index contributed by atoms with van der Waals surface area (Å²) in [7, 11) is 1.85. The van der Waals surface area contributed by atoms with Crippen molar-refractivity contribution in [2.45, 2.75) is 25.4 Å². The van der Waals surface area contributed by atoms with Gasteiger partial charge < -0.3 is 5.11 Å². The SMILES string of the molecule is Cn1nccc1CNC(C(=O)O)C1CC1. The summed E-state index contributed by atoms with van der Waals surface area (Å²) in [5, 5.41) is 16.1. The van der Waals surface area contributed by atoms with Gasteiger partial charge in [0.25, 0.3) is 0 Å². The van der Waals surface area contributed by atoms with Crippen LogP contribution < -0.4 is 5.32 Å². The van der Waals surface area contributed by atoms with Crippen LogP contribution in [0.15, 0.2) is 12.3 Å². The van der Waals surface area contributed by atoms with Crippen LogP contribution in [-0.4, -0.2) is 26.9 Å². The molecule has 5 nitrogen and oxygen atoms in total. The molecule has 15 heavy (non-hydrogen) atoms. The van der Waals surface area contributed by atoms with Gasteiger partial charge in [0.1, 0.15) is 6.04 Å². The third-order valence-electron chi connectivity index (χ3n) is 2.79. The Morgan fingerprint density at radius 2 is 2.53 bits per heavy atom. The van der Waals surface area contributed by atoms with Crippen LogP contribution in [-0.2, 0) is 18.4 Å². The van der Waals surface area contributed by atoms with E-state index in [0.717, 1.165) is 18.5 Å². The van der Waals surface area contributed by atoms with Crippen LogP contribution in [0.4, 0.5) is 0 Å². The van der Waals surface area contributed by atoms with Crippen molar-refractivity contribution in [3.05, 3.63) is 18.0 Å². The largest absolute Gasteiger partial charge is 0.480 e. The molecule has 1 aliphatic rings. The van der Waals surface area contributed by atoms with Crippen LogP contribution in [0.3, 0.4) is 0 Å². The fourth-order valence-corrected chi connectivity index (χ4v) is 1.67. The Morgan fingerprint density at radius 1 is 1.80 bits per heavy atom. The smallest absolute Gasteiger partial charge is 0.320 e. The van der Waals surface area contributed by atoms with Crippen molar-refractivity contribution in [1.82, 2.24) is 15.1 Å². The number of aromatic nitrogens is 2. The van der Waals surface area contributed by atoms with Gasteiger partial charge in [-0.05, 0) is 24.8 Å². The number of hydrogen-bond acceptors (Lipinski definition) is 3. The summed E-state index contributed by atoms with van der Waals surface area (Å²) in [5.74, 6) is -0.435. The van der Waals surface area contributed by atoms with Gasteiger partial charge in [-0.2, -0.15) is 5.10 Å². The number of aliphatic carboxylic acids is 1. The number of nitrogens with one attached hydrogen (secondary N) is 1. The van der Waals surface area contributed by atoms with E-state index in [0.29, 0.717) is 12.5 Å². The van der Waals surface area contributed by atoms with Gasteiger partial charge >= 0.3 is 5.97 Å². The molecule has 0 bridgehead atoms. The first-order chi connectivity index (χ1) is 7.18. The minimum Gasteiger partial charge on any atom is -0.480 e. The number of hydrogen-bond donors (Lipinski definition) is 2. The van der Waals surface area contributed by atoms with Gasteiger partial charge in [-0.3, -0.25) is 14.8 Å². The number of carboxylic acid groups (broad SMARTS) is 1. The quantitative estimate of drug-likeness (QED) is 0.735. The standard InChI is InChI=1S/C10H15N3O2/c1-13-8(4-5-12-13)6-11-9(10(14)15)7-2-3-7/h4-5,7,9,11H,2-3,6H2,1H3,(H,14,15). The van der Waals surface area contributed by atoms with Crippen molar-refractivity contribution >= 4 is 5.97 Å². The molecule has 1 aromatic rings. The fourth-order valence-electron chi connectivity index (χ4n) is 1.67. The van der Waals surface area contributed by atoms with E-state index in [9.17, 15) is 4.79 Å². The lowest BCUT2D eigenvalue weighted by atomic mass is 10.2. The van der Waals surface area contributed by atoms with E-state index in [2.05, 4.69) is 10.4 Å². The van der Waals surface area contributed by atoms with Crippen molar-refractivity contribution in [2.24, 2.45) is 13.0 Å². The summed E-state index contributed by atoms with van der Waals surface area (Å²) in [6, 6.07) is 1.48. The van der Waals surface area contributed by atoms with Crippen molar-refractivity contribution in [2.75, 3.05) is 0 Å². The highest BCUT2D eigenvalue weighted by Crippen LogP contribution is 2.32. The average molecular weight is 209 g/mol. The summed E-state index contributed by atoms with van der Waals surface area (Å²) in [5.41, 5.74) is 1.00. The fraction of sp³-hybridized carbons (Fsp3) is 0.600. The predicted octanol–water partition coefficient (Wildman–Crippen LogP) is 0.373. The van der Waals surface area contributed by atoms with Gasteiger partial charge in [0.15, 0.2) is 0 Å². The van der Waals surface area contributed by atoms with Gasteiger partial charge in [0.2, 0.25) is 0 Å². The maximum atomic E-state index is 10.9. The van der Waals surface area contributed by atoms with Gasteiger partial charge in [0, 0.05) is 19.8 Å². The Labute approximate surface area is 88.1 Å². The average Bonchev–Trinajstić information content (AvgIpc) is 2.92. The molecule has 1 saturated carbocycles. The molecule has 1 unspecified atom stereocenters. The van der Waals surface area contributed by atoms with Crippen LogP contribution >= 0.6 is 0 Å². The van der Waals surface area contributed by atoms with Crippen molar-refractivity contribution in [3.63, 3.8) is 0 Å². The molecule has 1 fully saturated rings. The molecule has 2 N–H and O–H groups in total. The Bertz CT molecular complexity index is 357. The number of aryl methyl sites for hydroxylation is 1. The molecule has 0 aliphatic heterocycles. The van der Waals surface area contributed by atoms with Gasteiger partial charge in [-0.1, -0.05) is 0 Å². The highest BCUT2D eigenvalue weighted by atomic mass is 16.4. The molecule has 1 aromatic heterocycles. The molecular weight excluding hydrogens is 194 g/mol. The van der Waals surface area contributed by atoms with E-state index < -0.39 is 12.0 Å². The van der Waals surface area contributed by atoms with Crippen molar-refractivity contribution < 1.29 is 9.90 Å². The summed E-state index contributed by atoms with van der Waals surface area (Å²) < 4.78 is 1.75. The normalized spacial score (nSPS) is 17.7. The molecule has 1 aliphatic carbocycles. The zero-order valence-corrected chi connectivity index (χ0v) is 8.68. The third kappa shape index (κ3) is 2.36. The molecule has 0 amide bonds. The van der Waals surface area contributed by atoms with Gasteiger partial charge in [-0.15, -0.1) is 0 Å². The monoisotopic (exact) mass is 209 g/mol. The molecule has 1 atom stereocenters. The second kappa shape index (κ2) is 4.02.